The zero-order valence-electron chi connectivity index (χ0n) is 19.6. The molecule has 14 heteroatoms. The monoisotopic (exact) mass is 518 g/mol. The number of ether oxygens (including phenoxy) is 4. The first kappa shape index (κ1) is 28.6. The number of amides is 1. The third kappa shape index (κ3) is 6.30. The van der Waals surface area contributed by atoms with Gasteiger partial charge in [0.1, 0.15) is 48.8 Å². The summed E-state index contributed by atoms with van der Waals surface area (Å²) in [5.74, 6) is -0.352. The van der Waals surface area contributed by atoms with Crippen LogP contribution in [0.3, 0.4) is 0 Å². The molecule has 9 N–H and O–H groups in total. The van der Waals surface area contributed by atoms with Crippen LogP contribution >= 0.6 is 0 Å². The molecule has 1 amide bonds. The Morgan fingerprint density at radius 2 is 1.53 bits per heavy atom. The quantitative estimate of drug-likeness (QED) is 0.135. The van der Waals surface area contributed by atoms with Gasteiger partial charge in [0.15, 0.2) is 12.6 Å². The van der Waals surface area contributed by atoms with Crippen LogP contribution in [0, 0.1) is 0 Å². The summed E-state index contributed by atoms with van der Waals surface area (Å²) in [5.41, 5.74) is 1.07. The predicted molar refractivity (Wildman–Crippen MR) is 121 cm³/mol. The van der Waals surface area contributed by atoms with Crippen LogP contribution in [0.4, 0.5) is 5.69 Å². The Morgan fingerprint density at radius 1 is 0.889 bits per heavy atom. The summed E-state index contributed by atoms with van der Waals surface area (Å²) in [4.78, 5) is 12.4. The van der Waals surface area contributed by atoms with Gasteiger partial charge in [-0.3, -0.25) is 4.79 Å². The highest BCUT2D eigenvalue weighted by molar-refractivity contribution is 5.99. The maximum atomic E-state index is 12.4. The number of hydrogen-bond acceptors (Lipinski definition) is 13. The molecule has 1 aromatic rings. The number of para-hydroxylation sites is 1. The second-order valence-electron chi connectivity index (χ2n) is 8.43. The van der Waals surface area contributed by atoms with Gasteiger partial charge in [0.05, 0.1) is 25.4 Å². The molecule has 0 spiro atoms. The summed E-state index contributed by atoms with van der Waals surface area (Å²) in [6.07, 6.45) is -15.3. The number of carbonyl (C=O) groups excluding carboxylic acids is 1. The average molecular weight is 519 g/mol. The zero-order valence-corrected chi connectivity index (χ0v) is 19.6. The van der Waals surface area contributed by atoms with E-state index in [1.165, 1.54) is 0 Å². The molecule has 3 rings (SSSR count). The summed E-state index contributed by atoms with van der Waals surface area (Å²) in [5, 5.41) is 75.7. The molecule has 2 fully saturated rings. The van der Waals surface area contributed by atoms with Crippen LogP contribution in [0.2, 0.25) is 0 Å². The number of hydrogen-bond donors (Lipinski definition) is 9. The van der Waals surface area contributed by atoms with Crippen LogP contribution in [0.15, 0.2) is 24.3 Å². The Morgan fingerprint density at radius 3 is 2.19 bits per heavy atom. The van der Waals surface area contributed by atoms with E-state index >= 15 is 0 Å². The highest BCUT2D eigenvalue weighted by Gasteiger charge is 2.50. The highest BCUT2D eigenvalue weighted by atomic mass is 16.7. The fourth-order valence-electron chi connectivity index (χ4n) is 4.03. The molecule has 0 bridgehead atoms. The largest absolute Gasteiger partial charge is 0.394 e. The fraction of sp³-hybridized carbons (Fsp3) is 0.682. The van der Waals surface area contributed by atoms with Gasteiger partial charge in [-0.25, -0.2) is 0 Å². The number of benzene rings is 1. The Bertz CT molecular complexity index is 843. The van der Waals surface area contributed by atoms with Crippen LogP contribution < -0.4 is 10.6 Å². The Kier molecular flexibility index (Phi) is 10.4. The number of aliphatic hydroxyl groups is 7. The summed E-state index contributed by atoms with van der Waals surface area (Å²) in [7, 11) is 1.69. The molecule has 2 aliphatic heterocycles. The van der Waals surface area contributed by atoms with Gasteiger partial charge in [-0.05, 0) is 12.1 Å². The molecule has 1 aromatic carbocycles. The van der Waals surface area contributed by atoms with E-state index in [1.807, 2.05) is 0 Å². The van der Waals surface area contributed by atoms with Crippen molar-refractivity contribution in [3.63, 3.8) is 0 Å². The lowest BCUT2D eigenvalue weighted by atomic mass is 9.97. The lowest BCUT2D eigenvalue weighted by Crippen LogP contribution is -2.64. The third-order valence-electron chi connectivity index (χ3n) is 6.07. The van der Waals surface area contributed by atoms with Gasteiger partial charge in [0.25, 0.3) is 5.91 Å². The molecule has 10 unspecified atom stereocenters. The van der Waals surface area contributed by atoms with E-state index in [0.29, 0.717) is 11.3 Å². The molecule has 0 radical (unpaired) electrons. The standard InChI is InChI=1S/C22H34N2O12/c1-23-11-5-3-2-4-10(11)20(32)24-6-7-33-21-18(31)16(29)19(13(9-26)35-21)36-22-17(30)15(28)14(27)12(8-25)34-22/h2-5,12-19,21-23,25-31H,6-9H2,1H3,(H,24,32). The molecule has 10 atom stereocenters. The number of aliphatic hydroxyl groups excluding tert-OH is 7. The summed E-state index contributed by atoms with van der Waals surface area (Å²) < 4.78 is 21.7. The normalized spacial score (nSPS) is 36.9. The molecule has 0 saturated carbocycles. The molecule has 204 valence electrons. The first-order valence-electron chi connectivity index (χ1n) is 11.5. The minimum Gasteiger partial charge on any atom is -0.394 e. The van der Waals surface area contributed by atoms with E-state index in [9.17, 15) is 40.5 Å². The van der Waals surface area contributed by atoms with Crippen LogP contribution in [0.5, 0.6) is 0 Å². The van der Waals surface area contributed by atoms with Gasteiger partial charge in [-0.1, -0.05) is 12.1 Å². The van der Waals surface area contributed by atoms with E-state index in [1.54, 1.807) is 31.3 Å². The van der Waals surface area contributed by atoms with Crippen molar-refractivity contribution in [2.45, 2.75) is 61.4 Å². The smallest absolute Gasteiger partial charge is 0.253 e. The SMILES string of the molecule is CNc1ccccc1C(=O)NCCOC1OC(CO)C(OC2OC(CO)C(O)C(O)C2O)C(O)C1O. The lowest BCUT2D eigenvalue weighted by Gasteiger charge is -2.45. The van der Waals surface area contributed by atoms with Crippen molar-refractivity contribution in [2.24, 2.45) is 0 Å². The van der Waals surface area contributed by atoms with Gasteiger partial charge < -0.3 is 65.3 Å². The summed E-state index contributed by atoms with van der Waals surface area (Å²) in [6.45, 7) is -1.41. The van der Waals surface area contributed by atoms with Crippen molar-refractivity contribution in [1.29, 1.82) is 0 Å². The first-order valence-corrected chi connectivity index (χ1v) is 11.5. The minimum atomic E-state index is -1.75. The summed E-state index contributed by atoms with van der Waals surface area (Å²) in [6, 6.07) is 6.90. The van der Waals surface area contributed by atoms with Crippen molar-refractivity contribution >= 4 is 11.6 Å². The molecule has 36 heavy (non-hydrogen) atoms. The lowest BCUT2D eigenvalue weighted by molar-refractivity contribution is -0.359. The number of carbonyl (C=O) groups is 1. The molecular weight excluding hydrogens is 484 g/mol. The molecule has 14 nitrogen and oxygen atoms in total. The van der Waals surface area contributed by atoms with E-state index in [2.05, 4.69) is 10.6 Å². The van der Waals surface area contributed by atoms with Crippen molar-refractivity contribution in [2.75, 3.05) is 38.7 Å². The average Bonchev–Trinajstić information content (AvgIpc) is 2.90. The molecule has 0 aromatic heterocycles. The van der Waals surface area contributed by atoms with Crippen LogP contribution in [0.1, 0.15) is 10.4 Å². The highest BCUT2D eigenvalue weighted by Crippen LogP contribution is 2.29. The second kappa shape index (κ2) is 13.0. The molecular formula is C22H34N2O12. The number of rotatable bonds is 10. The minimum absolute atomic E-state index is 0.0497. The molecule has 0 aliphatic carbocycles. The number of anilines is 1. The van der Waals surface area contributed by atoms with Gasteiger partial charge in [0, 0.05) is 19.3 Å². The van der Waals surface area contributed by atoms with Crippen LogP contribution in [-0.4, -0.2) is 136 Å². The Hall–Kier alpha value is -1.95. The molecule has 2 aliphatic rings. The van der Waals surface area contributed by atoms with Crippen molar-refractivity contribution in [1.82, 2.24) is 5.32 Å². The third-order valence-corrected chi connectivity index (χ3v) is 6.07. The first-order chi connectivity index (χ1) is 17.2. The van der Waals surface area contributed by atoms with Gasteiger partial charge in [0.2, 0.25) is 0 Å². The van der Waals surface area contributed by atoms with Crippen molar-refractivity contribution < 1.29 is 59.5 Å². The summed E-state index contributed by atoms with van der Waals surface area (Å²) >= 11 is 0. The van der Waals surface area contributed by atoms with E-state index in [0.717, 1.165) is 0 Å². The molecule has 2 saturated heterocycles. The van der Waals surface area contributed by atoms with Crippen molar-refractivity contribution in [3.05, 3.63) is 29.8 Å². The maximum Gasteiger partial charge on any atom is 0.253 e. The zero-order chi connectivity index (χ0) is 26.4. The van der Waals surface area contributed by atoms with Gasteiger partial charge >= 0.3 is 0 Å². The maximum absolute atomic E-state index is 12.4. The molecule has 2 heterocycles. The van der Waals surface area contributed by atoms with Crippen LogP contribution in [0.25, 0.3) is 0 Å². The van der Waals surface area contributed by atoms with Crippen molar-refractivity contribution in [3.8, 4) is 0 Å². The fourth-order valence-corrected chi connectivity index (χ4v) is 4.03. The topological polar surface area (TPSA) is 220 Å². The van der Waals surface area contributed by atoms with E-state index < -0.39 is 74.6 Å². The van der Waals surface area contributed by atoms with Gasteiger partial charge in [-0.15, -0.1) is 0 Å². The predicted octanol–water partition coefficient (Wildman–Crippen LogP) is -3.90. The Labute approximate surface area is 207 Å². The van der Waals surface area contributed by atoms with E-state index in [-0.39, 0.29) is 19.1 Å². The number of nitrogens with one attached hydrogen (secondary N) is 2. The van der Waals surface area contributed by atoms with E-state index in [4.69, 9.17) is 18.9 Å². The second-order valence-corrected chi connectivity index (χ2v) is 8.43. The van der Waals surface area contributed by atoms with Gasteiger partial charge in [-0.2, -0.15) is 0 Å². The Balaban J connectivity index is 1.54. The van der Waals surface area contributed by atoms with Crippen LogP contribution in [-0.2, 0) is 18.9 Å².